The molecule has 5 rings (SSSR count). The minimum Gasteiger partial charge on any atom is -0.394 e. The van der Waals surface area contributed by atoms with Crippen LogP contribution in [0, 0.1) is 17.5 Å². The molecule has 0 amide bonds. The molecule has 4 aromatic rings. The van der Waals surface area contributed by atoms with E-state index in [2.05, 4.69) is 10.3 Å². The number of hydrogen-bond acceptors (Lipinski definition) is 8. The minimum atomic E-state index is -1.60. The molecule has 8 nitrogen and oxygen atoms in total. The molecule has 12 heteroatoms. The quantitative estimate of drug-likeness (QED) is 0.317. The topological polar surface area (TPSA) is 104 Å². The summed E-state index contributed by atoms with van der Waals surface area (Å²) in [5, 5.41) is 41.8. The van der Waals surface area contributed by atoms with Crippen molar-refractivity contribution in [1.29, 1.82) is 0 Å². The van der Waals surface area contributed by atoms with E-state index in [9.17, 15) is 28.5 Å². The molecular formula is C26H25F3N4O4S. The van der Waals surface area contributed by atoms with E-state index in [1.807, 2.05) is 55.4 Å². The Morgan fingerprint density at radius 1 is 1.03 bits per heavy atom. The van der Waals surface area contributed by atoms with Gasteiger partial charge in [0.2, 0.25) is 0 Å². The lowest BCUT2D eigenvalue weighted by molar-refractivity contribution is -0.178. The second-order valence-corrected chi connectivity index (χ2v) is 10.4. The number of aliphatic hydroxyl groups excluding tert-OH is 3. The van der Waals surface area contributed by atoms with Crippen molar-refractivity contribution in [2.45, 2.75) is 34.7 Å². The summed E-state index contributed by atoms with van der Waals surface area (Å²) in [7, 11) is 3.92. The molecular weight excluding hydrogens is 521 g/mol. The number of ether oxygens (including phenoxy) is 1. The largest absolute Gasteiger partial charge is 0.394 e. The SMILES string of the molecule is CN(C)c1cccc2cc(S[C@H]3OC(CO)[C@H](O)C(n4cc(-c5cc(F)c(F)c(F)c5)nn4)[C@@H]3O)ccc12. The highest BCUT2D eigenvalue weighted by Gasteiger charge is 2.46. The van der Waals surface area contributed by atoms with Crippen molar-refractivity contribution in [1.82, 2.24) is 15.0 Å². The van der Waals surface area contributed by atoms with Gasteiger partial charge < -0.3 is 25.0 Å². The van der Waals surface area contributed by atoms with Gasteiger partial charge in [-0.05, 0) is 35.7 Å². The van der Waals surface area contributed by atoms with E-state index in [-0.39, 0.29) is 11.3 Å². The number of rotatable bonds is 6. The molecule has 0 saturated carbocycles. The average Bonchev–Trinajstić information content (AvgIpc) is 3.38. The Morgan fingerprint density at radius 3 is 2.45 bits per heavy atom. The molecule has 3 aromatic carbocycles. The first kappa shape index (κ1) is 26.4. The van der Waals surface area contributed by atoms with Crippen LogP contribution in [-0.4, -0.2) is 74.8 Å². The summed E-state index contributed by atoms with van der Waals surface area (Å²) < 4.78 is 47.8. The standard InChI is InChI=1S/C26H25F3N4O4S/c1-32(2)20-5-3-4-13-8-15(6-7-16(13)20)38-26-25(36)23(24(35)21(12-34)37-26)33-11-19(30-31-33)14-9-17(27)22(29)18(28)10-14/h3-11,21,23-26,34-36H,12H2,1-2H3/t21?,23?,24-,25-,26+/m0/s1. The predicted molar refractivity (Wildman–Crippen MR) is 136 cm³/mol. The van der Waals surface area contributed by atoms with Gasteiger partial charge in [-0.2, -0.15) is 0 Å². The van der Waals surface area contributed by atoms with Crippen LogP contribution in [0.3, 0.4) is 0 Å². The number of fused-ring (bicyclic) bond motifs is 1. The highest BCUT2D eigenvalue weighted by molar-refractivity contribution is 7.99. The number of aliphatic hydroxyl groups is 3. The first-order chi connectivity index (χ1) is 18.2. The number of anilines is 1. The van der Waals surface area contributed by atoms with Crippen LogP contribution in [0.5, 0.6) is 0 Å². The molecule has 0 radical (unpaired) electrons. The maximum atomic E-state index is 13.7. The van der Waals surface area contributed by atoms with Crippen LogP contribution in [0.2, 0.25) is 0 Å². The summed E-state index contributed by atoms with van der Waals surface area (Å²) in [4.78, 5) is 2.81. The lowest BCUT2D eigenvalue weighted by Gasteiger charge is -2.41. The number of nitrogens with zero attached hydrogens (tertiary/aromatic N) is 4. The van der Waals surface area contributed by atoms with Gasteiger partial charge in [0.15, 0.2) is 17.5 Å². The van der Waals surface area contributed by atoms with Gasteiger partial charge in [0.05, 0.1) is 12.8 Å². The summed E-state index contributed by atoms with van der Waals surface area (Å²) in [5.74, 6) is -4.37. The fraction of sp³-hybridized carbons (Fsp3) is 0.308. The normalized spacial score (nSPS) is 23.6. The van der Waals surface area contributed by atoms with Crippen LogP contribution < -0.4 is 4.90 Å². The van der Waals surface area contributed by atoms with Crippen molar-refractivity contribution in [2.75, 3.05) is 25.6 Å². The van der Waals surface area contributed by atoms with Gasteiger partial charge in [-0.1, -0.05) is 35.2 Å². The number of hydrogen-bond donors (Lipinski definition) is 3. The Kier molecular flexibility index (Phi) is 7.34. The molecule has 1 fully saturated rings. The molecule has 3 N–H and O–H groups in total. The van der Waals surface area contributed by atoms with Gasteiger partial charge in [-0.3, -0.25) is 0 Å². The Bertz CT molecular complexity index is 1450. The van der Waals surface area contributed by atoms with Crippen molar-refractivity contribution < 1.29 is 33.2 Å². The molecule has 1 aromatic heterocycles. The van der Waals surface area contributed by atoms with Crippen molar-refractivity contribution in [3.8, 4) is 11.3 Å². The molecule has 1 aliphatic heterocycles. The zero-order valence-electron chi connectivity index (χ0n) is 20.4. The summed E-state index contributed by atoms with van der Waals surface area (Å²) in [5.41, 5.74) is 0.0917. The van der Waals surface area contributed by atoms with Crippen LogP contribution in [-0.2, 0) is 4.74 Å². The van der Waals surface area contributed by atoms with Crippen LogP contribution in [0.4, 0.5) is 18.9 Å². The molecule has 1 saturated heterocycles. The lowest BCUT2D eigenvalue weighted by atomic mass is 9.97. The van der Waals surface area contributed by atoms with E-state index in [0.717, 1.165) is 38.2 Å². The number of halogens is 3. The molecule has 2 heterocycles. The van der Waals surface area contributed by atoms with Crippen LogP contribution in [0.25, 0.3) is 22.0 Å². The maximum Gasteiger partial charge on any atom is 0.194 e. The third kappa shape index (κ3) is 4.85. The van der Waals surface area contributed by atoms with Gasteiger partial charge in [-0.15, -0.1) is 5.10 Å². The minimum absolute atomic E-state index is 0.00432. The van der Waals surface area contributed by atoms with Crippen LogP contribution in [0.1, 0.15) is 6.04 Å². The summed E-state index contributed by atoms with van der Waals surface area (Å²) in [6.45, 7) is -0.526. The number of aromatic nitrogens is 3. The highest BCUT2D eigenvalue weighted by atomic mass is 32.2. The Balaban J connectivity index is 1.43. The van der Waals surface area contributed by atoms with Crippen molar-refractivity contribution in [3.63, 3.8) is 0 Å². The van der Waals surface area contributed by atoms with E-state index < -0.39 is 53.8 Å². The lowest BCUT2D eigenvalue weighted by Crippen LogP contribution is -2.55. The van der Waals surface area contributed by atoms with Crippen molar-refractivity contribution in [2.24, 2.45) is 0 Å². The second kappa shape index (κ2) is 10.5. The molecule has 2 unspecified atom stereocenters. The molecule has 200 valence electrons. The fourth-order valence-electron chi connectivity index (χ4n) is 4.58. The second-order valence-electron chi connectivity index (χ2n) is 9.21. The molecule has 0 spiro atoms. The average molecular weight is 547 g/mol. The van der Waals surface area contributed by atoms with Gasteiger partial charge in [0, 0.05) is 35.6 Å². The zero-order valence-corrected chi connectivity index (χ0v) is 21.2. The summed E-state index contributed by atoms with van der Waals surface area (Å²) >= 11 is 1.22. The van der Waals surface area contributed by atoms with E-state index in [0.29, 0.717) is 0 Å². The molecule has 38 heavy (non-hydrogen) atoms. The van der Waals surface area contributed by atoms with Gasteiger partial charge in [0.1, 0.15) is 35.5 Å². The third-order valence-electron chi connectivity index (χ3n) is 6.51. The summed E-state index contributed by atoms with van der Waals surface area (Å²) in [6, 6.07) is 12.2. The monoisotopic (exact) mass is 546 g/mol. The molecule has 0 aliphatic carbocycles. The first-order valence-corrected chi connectivity index (χ1v) is 12.6. The van der Waals surface area contributed by atoms with E-state index in [1.54, 1.807) is 0 Å². The number of thioether (sulfide) groups is 1. The number of benzene rings is 3. The Hall–Kier alpha value is -3.16. The van der Waals surface area contributed by atoms with Crippen molar-refractivity contribution in [3.05, 3.63) is 72.2 Å². The van der Waals surface area contributed by atoms with E-state index in [1.165, 1.54) is 18.0 Å². The van der Waals surface area contributed by atoms with E-state index >= 15 is 0 Å². The van der Waals surface area contributed by atoms with Crippen LogP contribution >= 0.6 is 11.8 Å². The smallest absolute Gasteiger partial charge is 0.194 e. The van der Waals surface area contributed by atoms with Crippen molar-refractivity contribution >= 4 is 28.2 Å². The van der Waals surface area contributed by atoms with Gasteiger partial charge in [-0.25, -0.2) is 17.9 Å². The zero-order chi connectivity index (χ0) is 27.1. The molecule has 1 aliphatic rings. The van der Waals surface area contributed by atoms with Crippen LogP contribution in [0.15, 0.2) is 59.6 Å². The Morgan fingerprint density at radius 2 is 1.76 bits per heavy atom. The Labute approximate surface area is 220 Å². The predicted octanol–water partition coefficient (Wildman–Crippen LogP) is 3.35. The summed E-state index contributed by atoms with van der Waals surface area (Å²) in [6.07, 6.45) is -2.45. The maximum absolute atomic E-state index is 13.7. The first-order valence-electron chi connectivity index (χ1n) is 11.7. The van der Waals surface area contributed by atoms with E-state index in [4.69, 9.17) is 4.74 Å². The highest BCUT2D eigenvalue weighted by Crippen LogP contribution is 2.39. The molecule has 0 bridgehead atoms. The molecule has 5 atom stereocenters. The third-order valence-corrected chi connectivity index (χ3v) is 7.66. The fourth-order valence-corrected chi connectivity index (χ4v) is 5.69. The van der Waals surface area contributed by atoms with Gasteiger partial charge in [0.25, 0.3) is 0 Å². The van der Waals surface area contributed by atoms with Gasteiger partial charge >= 0.3 is 0 Å².